The number of H-pyrrole nitrogens is 1. The van der Waals surface area contributed by atoms with Gasteiger partial charge in [-0.05, 0) is 0 Å². The molecule has 1 rings (SSSR count). The molecule has 0 aromatic carbocycles. The van der Waals surface area contributed by atoms with Crippen LogP contribution in [0.25, 0.3) is 0 Å². The van der Waals surface area contributed by atoms with Crippen molar-refractivity contribution < 1.29 is 22.6 Å². The van der Waals surface area contributed by atoms with Crippen molar-refractivity contribution in [1.82, 2.24) is 9.97 Å². The fourth-order valence-electron chi connectivity index (χ4n) is 0.804. The lowest BCUT2D eigenvalue weighted by Crippen LogP contribution is -2.21. The maximum atomic E-state index is 11.8. The summed E-state index contributed by atoms with van der Waals surface area (Å²) >= 11 is 0. The summed E-state index contributed by atoms with van der Waals surface area (Å²) in [5, 5.41) is 0. The van der Waals surface area contributed by atoms with Gasteiger partial charge in [0, 0.05) is 0 Å². The van der Waals surface area contributed by atoms with Gasteiger partial charge in [0.05, 0.1) is 13.4 Å². The number of aromatic nitrogens is 2. The van der Waals surface area contributed by atoms with Crippen LogP contribution in [0.15, 0.2) is 11.1 Å². The van der Waals surface area contributed by atoms with E-state index >= 15 is 0 Å². The highest BCUT2D eigenvalue weighted by Crippen LogP contribution is 2.21. The first-order valence-corrected chi connectivity index (χ1v) is 3.75. The quantitative estimate of drug-likeness (QED) is 0.821. The summed E-state index contributed by atoms with van der Waals surface area (Å²) in [6, 6.07) is 0. The van der Waals surface area contributed by atoms with Gasteiger partial charge in [-0.3, -0.25) is 4.79 Å². The van der Waals surface area contributed by atoms with Crippen molar-refractivity contribution >= 4 is 0 Å². The zero-order valence-corrected chi connectivity index (χ0v) is 7.59. The van der Waals surface area contributed by atoms with E-state index in [4.69, 9.17) is 0 Å². The van der Waals surface area contributed by atoms with Crippen LogP contribution in [-0.4, -0.2) is 29.9 Å². The number of alkyl halides is 3. The molecule has 0 atom stereocenters. The normalized spacial score (nSPS) is 11.2. The number of nitrogens with zero attached hydrogens (tertiary/aromatic N) is 1. The van der Waals surface area contributed by atoms with E-state index in [1.807, 2.05) is 0 Å². The Morgan fingerprint density at radius 1 is 1.53 bits per heavy atom. The molecule has 0 spiro atoms. The number of hydrogen-bond donors (Lipinski definition) is 1. The molecule has 8 heteroatoms. The Hall–Kier alpha value is -1.73. The van der Waals surface area contributed by atoms with E-state index in [1.165, 1.54) is 0 Å². The van der Waals surface area contributed by atoms with Crippen molar-refractivity contribution in [3.63, 3.8) is 0 Å². The summed E-state index contributed by atoms with van der Waals surface area (Å²) in [7, 11) is 1.13. The summed E-state index contributed by atoms with van der Waals surface area (Å²) < 4.78 is 44.2. The van der Waals surface area contributed by atoms with Crippen LogP contribution in [0.1, 0.15) is 0 Å². The number of rotatable bonds is 3. The van der Waals surface area contributed by atoms with Gasteiger partial charge in [0.15, 0.2) is 6.61 Å². The molecule has 0 aliphatic rings. The third-order valence-corrected chi connectivity index (χ3v) is 1.35. The number of hydrogen-bond acceptors (Lipinski definition) is 4. The first kappa shape index (κ1) is 11.3. The summed E-state index contributed by atoms with van der Waals surface area (Å²) in [5.41, 5.74) is -0.704. The molecule has 0 bridgehead atoms. The van der Waals surface area contributed by atoms with Crippen LogP contribution in [0.4, 0.5) is 13.2 Å². The fraction of sp³-hybridized carbons (Fsp3) is 0.429. The van der Waals surface area contributed by atoms with Crippen LogP contribution >= 0.6 is 0 Å². The van der Waals surface area contributed by atoms with E-state index in [2.05, 4.69) is 19.4 Å². The van der Waals surface area contributed by atoms with Crippen molar-refractivity contribution in [3.05, 3.63) is 16.7 Å². The van der Waals surface area contributed by atoms with Crippen molar-refractivity contribution in [2.45, 2.75) is 6.18 Å². The van der Waals surface area contributed by atoms with E-state index in [0.29, 0.717) is 0 Å². The molecule has 15 heavy (non-hydrogen) atoms. The first-order valence-electron chi connectivity index (χ1n) is 3.75. The second-order valence-electron chi connectivity index (χ2n) is 2.47. The summed E-state index contributed by atoms with van der Waals surface area (Å²) in [4.78, 5) is 16.6. The van der Waals surface area contributed by atoms with Gasteiger partial charge in [0.2, 0.25) is 5.75 Å². The van der Waals surface area contributed by atoms with Crippen molar-refractivity contribution in [1.29, 1.82) is 0 Å². The van der Waals surface area contributed by atoms with Crippen LogP contribution in [0.5, 0.6) is 11.6 Å². The van der Waals surface area contributed by atoms with Gasteiger partial charge in [-0.15, -0.1) is 0 Å². The standard InChI is InChI=1S/C7H7F3N2O3/c1-14-4-5(13)11-3-12-6(4)15-2-7(8,9)10/h3H,2H2,1H3,(H,11,12,13). The van der Waals surface area contributed by atoms with Crippen LogP contribution in [0.2, 0.25) is 0 Å². The van der Waals surface area contributed by atoms with Crippen molar-refractivity contribution in [2.24, 2.45) is 0 Å². The molecule has 1 aromatic rings. The molecular weight excluding hydrogens is 217 g/mol. The van der Waals surface area contributed by atoms with Gasteiger partial charge in [-0.1, -0.05) is 0 Å². The molecule has 0 fully saturated rings. The Morgan fingerprint density at radius 3 is 2.73 bits per heavy atom. The topological polar surface area (TPSA) is 64.2 Å². The second kappa shape index (κ2) is 4.20. The summed E-state index contributed by atoms with van der Waals surface area (Å²) in [6.07, 6.45) is -3.56. The van der Waals surface area contributed by atoms with Gasteiger partial charge in [-0.25, -0.2) is 4.98 Å². The van der Waals surface area contributed by atoms with E-state index < -0.39 is 24.2 Å². The van der Waals surface area contributed by atoms with Crippen molar-refractivity contribution in [3.8, 4) is 11.6 Å². The van der Waals surface area contributed by atoms with Gasteiger partial charge in [0.25, 0.3) is 11.4 Å². The van der Waals surface area contributed by atoms with Crippen LogP contribution in [-0.2, 0) is 0 Å². The Bertz CT molecular complexity index is 388. The van der Waals surface area contributed by atoms with Crippen LogP contribution in [0.3, 0.4) is 0 Å². The van der Waals surface area contributed by atoms with Crippen LogP contribution < -0.4 is 15.0 Å². The first-order chi connectivity index (χ1) is 6.94. The third kappa shape index (κ3) is 3.15. The molecule has 0 aliphatic carbocycles. The maximum absolute atomic E-state index is 11.8. The van der Waals surface area contributed by atoms with Gasteiger partial charge < -0.3 is 14.5 Å². The predicted molar refractivity (Wildman–Crippen MR) is 43.0 cm³/mol. The minimum absolute atomic E-state index is 0.387. The highest BCUT2D eigenvalue weighted by Gasteiger charge is 2.29. The molecule has 0 saturated carbocycles. The number of aromatic amines is 1. The number of nitrogens with one attached hydrogen (secondary N) is 1. The lowest BCUT2D eigenvalue weighted by Gasteiger charge is -2.09. The monoisotopic (exact) mass is 224 g/mol. The molecule has 0 amide bonds. The zero-order valence-electron chi connectivity index (χ0n) is 7.59. The zero-order chi connectivity index (χ0) is 11.5. The molecule has 0 aliphatic heterocycles. The predicted octanol–water partition coefficient (Wildman–Crippen LogP) is 0.720. The van der Waals surface area contributed by atoms with E-state index in [-0.39, 0.29) is 5.75 Å². The smallest absolute Gasteiger partial charge is 0.422 e. The maximum Gasteiger partial charge on any atom is 0.422 e. The van der Waals surface area contributed by atoms with E-state index in [9.17, 15) is 18.0 Å². The molecule has 1 heterocycles. The average molecular weight is 224 g/mol. The van der Waals surface area contributed by atoms with Gasteiger partial charge >= 0.3 is 6.18 Å². The number of halogens is 3. The number of methoxy groups -OCH3 is 1. The minimum atomic E-state index is -4.49. The average Bonchev–Trinajstić information content (AvgIpc) is 2.13. The highest BCUT2D eigenvalue weighted by atomic mass is 19.4. The SMILES string of the molecule is COc1c(OCC(F)(F)F)nc[nH]c1=O. The summed E-state index contributed by atoms with van der Waals surface area (Å²) in [5.74, 6) is -0.875. The molecule has 84 valence electrons. The second-order valence-corrected chi connectivity index (χ2v) is 2.47. The third-order valence-electron chi connectivity index (χ3n) is 1.35. The fourth-order valence-corrected chi connectivity index (χ4v) is 0.804. The van der Waals surface area contributed by atoms with E-state index in [0.717, 1.165) is 13.4 Å². The Morgan fingerprint density at radius 2 is 2.20 bits per heavy atom. The van der Waals surface area contributed by atoms with Gasteiger partial charge in [0.1, 0.15) is 0 Å². The van der Waals surface area contributed by atoms with Gasteiger partial charge in [-0.2, -0.15) is 13.2 Å². The molecule has 0 radical (unpaired) electrons. The molecule has 0 saturated heterocycles. The Kier molecular flexibility index (Phi) is 3.17. The highest BCUT2D eigenvalue weighted by molar-refractivity contribution is 5.29. The lowest BCUT2D eigenvalue weighted by molar-refractivity contribution is -0.154. The molecule has 1 N–H and O–H groups in total. The Labute approximate surface area is 81.9 Å². The Balaban J connectivity index is 2.86. The van der Waals surface area contributed by atoms with Crippen LogP contribution in [0, 0.1) is 0 Å². The largest absolute Gasteiger partial charge is 0.487 e. The molecular formula is C7H7F3N2O3. The minimum Gasteiger partial charge on any atom is -0.487 e. The molecule has 5 nitrogen and oxygen atoms in total. The lowest BCUT2D eigenvalue weighted by atomic mass is 10.5. The summed E-state index contributed by atoms with van der Waals surface area (Å²) in [6.45, 7) is -1.53. The van der Waals surface area contributed by atoms with E-state index in [1.54, 1.807) is 0 Å². The number of ether oxygens (including phenoxy) is 2. The molecule has 0 unspecified atom stereocenters. The van der Waals surface area contributed by atoms with Crippen molar-refractivity contribution in [2.75, 3.05) is 13.7 Å². The molecule has 1 aromatic heterocycles.